The summed E-state index contributed by atoms with van der Waals surface area (Å²) in [6.07, 6.45) is 7.75. The van der Waals surface area contributed by atoms with Gasteiger partial charge in [-0.2, -0.15) is 0 Å². The van der Waals surface area contributed by atoms with E-state index in [-0.39, 0.29) is 0 Å². The molecule has 4 aromatic rings. The van der Waals surface area contributed by atoms with Gasteiger partial charge in [0.1, 0.15) is 0 Å². The number of pyridine rings is 2. The lowest BCUT2D eigenvalue weighted by Crippen LogP contribution is -2.31. The Hall–Kier alpha value is -2.90. The van der Waals surface area contributed by atoms with E-state index in [2.05, 4.69) is 49.6 Å². The van der Waals surface area contributed by atoms with Crippen LogP contribution in [0.25, 0.3) is 33.2 Å². The summed E-state index contributed by atoms with van der Waals surface area (Å²) in [6, 6.07) is 20.2. The summed E-state index contributed by atoms with van der Waals surface area (Å²) in [5.74, 6) is 0. The van der Waals surface area contributed by atoms with Crippen LogP contribution in [0.4, 0.5) is 0 Å². The molecule has 0 aliphatic carbocycles. The number of fused-ring (bicyclic) bond motifs is 2. The van der Waals surface area contributed by atoms with Gasteiger partial charge in [-0.15, -0.1) is 0 Å². The van der Waals surface area contributed by atoms with Crippen molar-refractivity contribution in [2.24, 2.45) is 0 Å². The van der Waals surface area contributed by atoms with Gasteiger partial charge in [-0.1, -0.05) is 89.8 Å². The zero-order chi connectivity index (χ0) is 31.3. The number of aliphatic hydroxyl groups excluding tert-OH is 2. The number of aliphatic hydroxyl groups is 2. The zero-order valence-corrected chi connectivity index (χ0v) is 27.5. The highest BCUT2D eigenvalue weighted by Gasteiger charge is 2.21. The number of rotatable bonds is 19. The number of hydrogen-bond donors (Lipinski definition) is 2. The molecule has 2 aromatic carbocycles. The van der Waals surface area contributed by atoms with Crippen molar-refractivity contribution in [1.82, 2.24) is 19.8 Å². The van der Waals surface area contributed by atoms with Crippen LogP contribution in [0.1, 0.15) is 102 Å². The standard InChI is InChI=1S/C38H54N4O2/c1-5-9-21-41(22-10-6-2)27-37(43)31-25-35(39-33-19-15-13-17-29(31)33)36-26-32(30-18-14-16-20-34(30)40-36)38(44)28-42(23-11-7-3)24-12-8-4/h13-20,25-26,37-38,43-44H,5-12,21-24,27-28H2,1-4H3/t37-,38-/m0/s1. The first-order valence-corrected chi connectivity index (χ1v) is 17.1. The highest BCUT2D eigenvalue weighted by Crippen LogP contribution is 2.33. The second-order valence-electron chi connectivity index (χ2n) is 12.3. The third kappa shape index (κ3) is 9.07. The highest BCUT2D eigenvalue weighted by molar-refractivity contribution is 5.88. The van der Waals surface area contributed by atoms with Gasteiger partial charge in [-0.3, -0.25) is 0 Å². The Morgan fingerprint density at radius 2 is 0.886 bits per heavy atom. The van der Waals surface area contributed by atoms with E-state index in [1.54, 1.807) is 0 Å². The molecule has 6 nitrogen and oxygen atoms in total. The molecule has 0 saturated carbocycles. The van der Waals surface area contributed by atoms with Crippen molar-refractivity contribution in [3.63, 3.8) is 0 Å². The normalized spacial score (nSPS) is 13.4. The number of para-hydroxylation sites is 2. The van der Waals surface area contributed by atoms with E-state index < -0.39 is 12.2 Å². The first-order valence-electron chi connectivity index (χ1n) is 17.1. The minimum absolute atomic E-state index is 0.591. The van der Waals surface area contributed by atoms with Crippen molar-refractivity contribution < 1.29 is 10.2 Å². The Balaban J connectivity index is 1.74. The Morgan fingerprint density at radius 1 is 0.545 bits per heavy atom. The largest absolute Gasteiger partial charge is 0.387 e. The van der Waals surface area contributed by atoms with Gasteiger partial charge >= 0.3 is 0 Å². The van der Waals surface area contributed by atoms with E-state index >= 15 is 0 Å². The maximum absolute atomic E-state index is 11.7. The molecule has 0 aliphatic rings. The Labute approximate surface area is 265 Å². The van der Waals surface area contributed by atoms with Gasteiger partial charge in [0, 0.05) is 23.9 Å². The smallest absolute Gasteiger partial charge is 0.0924 e. The van der Waals surface area contributed by atoms with Crippen LogP contribution >= 0.6 is 0 Å². The van der Waals surface area contributed by atoms with Crippen molar-refractivity contribution in [3.05, 3.63) is 71.8 Å². The predicted octanol–water partition coefficient (Wildman–Crippen LogP) is 8.32. The van der Waals surface area contributed by atoms with Crippen LogP contribution < -0.4 is 0 Å². The van der Waals surface area contributed by atoms with Gasteiger partial charge in [-0.05, 0) is 87.3 Å². The fourth-order valence-corrected chi connectivity index (χ4v) is 6.02. The molecule has 44 heavy (non-hydrogen) atoms. The van der Waals surface area contributed by atoms with Crippen LogP contribution in [0.2, 0.25) is 0 Å². The Morgan fingerprint density at radius 3 is 1.23 bits per heavy atom. The van der Waals surface area contributed by atoms with Crippen molar-refractivity contribution >= 4 is 21.8 Å². The van der Waals surface area contributed by atoms with Crippen LogP contribution in [0.3, 0.4) is 0 Å². The summed E-state index contributed by atoms with van der Waals surface area (Å²) in [5, 5.41) is 25.3. The number of nitrogens with zero attached hydrogens (tertiary/aromatic N) is 4. The molecule has 6 heteroatoms. The molecule has 0 bridgehead atoms. The molecular formula is C38H54N4O2. The molecule has 238 valence electrons. The molecule has 0 fully saturated rings. The van der Waals surface area contributed by atoms with Crippen LogP contribution in [-0.4, -0.2) is 69.2 Å². The van der Waals surface area contributed by atoms with Gasteiger partial charge in [0.25, 0.3) is 0 Å². The molecule has 2 aromatic heterocycles. The highest BCUT2D eigenvalue weighted by atomic mass is 16.3. The van der Waals surface area contributed by atoms with E-state index in [0.29, 0.717) is 13.1 Å². The Bertz CT molecular complexity index is 1320. The van der Waals surface area contributed by atoms with Crippen LogP contribution in [0, 0.1) is 0 Å². The molecule has 2 N–H and O–H groups in total. The third-order valence-electron chi connectivity index (χ3n) is 8.65. The summed E-state index contributed by atoms with van der Waals surface area (Å²) < 4.78 is 0. The lowest BCUT2D eigenvalue weighted by Gasteiger charge is -2.26. The van der Waals surface area contributed by atoms with Gasteiger partial charge in [0.15, 0.2) is 0 Å². The quantitative estimate of drug-likeness (QED) is 0.113. The lowest BCUT2D eigenvalue weighted by atomic mass is 9.98. The first kappa shape index (κ1) is 34.0. The van der Waals surface area contributed by atoms with E-state index in [9.17, 15) is 10.2 Å². The average molecular weight is 599 g/mol. The maximum Gasteiger partial charge on any atom is 0.0924 e. The topological polar surface area (TPSA) is 72.7 Å². The number of unbranched alkanes of at least 4 members (excludes halogenated alkanes) is 4. The van der Waals surface area contributed by atoms with E-state index in [1.165, 1.54) is 0 Å². The molecule has 0 aliphatic heterocycles. The number of aromatic nitrogens is 2. The molecule has 0 unspecified atom stereocenters. The van der Waals surface area contributed by atoms with Crippen LogP contribution in [0.5, 0.6) is 0 Å². The summed E-state index contributed by atoms with van der Waals surface area (Å²) in [7, 11) is 0. The second kappa shape index (κ2) is 17.6. The van der Waals surface area contributed by atoms with Gasteiger partial charge in [0.2, 0.25) is 0 Å². The molecule has 2 heterocycles. The minimum atomic E-state index is -0.647. The molecule has 0 spiro atoms. The minimum Gasteiger partial charge on any atom is -0.387 e. The van der Waals surface area contributed by atoms with Crippen molar-refractivity contribution in [1.29, 1.82) is 0 Å². The summed E-state index contributed by atoms with van der Waals surface area (Å²) >= 11 is 0. The van der Waals surface area contributed by atoms with Crippen molar-refractivity contribution in [2.75, 3.05) is 39.3 Å². The average Bonchev–Trinajstić information content (AvgIpc) is 3.05. The summed E-state index contributed by atoms with van der Waals surface area (Å²) in [6.45, 7) is 14.0. The summed E-state index contributed by atoms with van der Waals surface area (Å²) in [4.78, 5) is 14.9. The molecule has 0 amide bonds. The number of benzene rings is 2. The zero-order valence-electron chi connectivity index (χ0n) is 27.5. The molecule has 4 rings (SSSR count). The molecular weight excluding hydrogens is 544 g/mol. The molecule has 2 atom stereocenters. The first-order chi connectivity index (χ1) is 21.5. The van der Waals surface area contributed by atoms with Gasteiger partial charge in [0.05, 0.1) is 34.6 Å². The number of hydrogen-bond acceptors (Lipinski definition) is 6. The fraction of sp³-hybridized carbons (Fsp3) is 0.526. The lowest BCUT2D eigenvalue weighted by molar-refractivity contribution is 0.112. The molecule has 0 radical (unpaired) electrons. The fourth-order valence-electron chi connectivity index (χ4n) is 6.02. The SMILES string of the molecule is CCCCN(CCCC)C[C@H](O)c1cc(-c2cc([C@@H](O)CN(CCCC)CCCC)c3ccccc3n2)nc2ccccc12. The monoisotopic (exact) mass is 598 g/mol. The predicted molar refractivity (Wildman–Crippen MR) is 185 cm³/mol. The summed E-state index contributed by atoms with van der Waals surface area (Å²) in [5.41, 5.74) is 4.89. The van der Waals surface area contributed by atoms with Gasteiger partial charge in [-0.25, -0.2) is 9.97 Å². The van der Waals surface area contributed by atoms with E-state index in [0.717, 1.165) is 122 Å². The Kier molecular flexibility index (Phi) is 13.6. The van der Waals surface area contributed by atoms with Crippen molar-refractivity contribution in [3.8, 4) is 11.4 Å². The maximum atomic E-state index is 11.7. The second-order valence-corrected chi connectivity index (χ2v) is 12.3. The van der Waals surface area contributed by atoms with Crippen LogP contribution in [0.15, 0.2) is 60.7 Å². The van der Waals surface area contributed by atoms with E-state index in [4.69, 9.17) is 9.97 Å². The van der Waals surface area contributed by atoms with Crippen molar-refractivity contribution in [2.45, 2.75) is 91.3 Å². The van der Waals surface area contributed by atoms with E-state index in [1.807, 2.05) is 48.5 Å². The molecule has 0 saturated heterocycles. The van der Waals surface area contributed by atoms with Crippen LogP contribution in [-0.2, 0) is 0 Å². The van der Waals surface area contributed by atoms with Gasteiger partial charge < -0.3 is 20.0 Å². The third-order valence-corrected chi connectivity index (χ3v) is 8.65.